The van der Waals surface area contributed by atoms with Crippen molar-refractivity contribution in [1.29, 1.82) is 0 Å². The smallest absolute Gasteiger partial charge is 0.205 e. The molecule has 0 radical (unpaired) electrons. The average Bonchev–Trinajstić information content (AvgIpc) is 3.38. The van der Waals surface area contributed by atoms with Crippen molar-refractivity contribution < 1.29 is 9.47 Å². The van der Waals surface area contributed by atoms with E-state index in [0.717, 1.165) is 33.3 Å². The fourth-order valence-corrected chi connectivity index (χ4v) is 3.41. The van der Waals surface area contributed by atoms with Crippen molar-refractivity contribution in [1.82, 2.24) is 25.2 Å². The van der Waals surface area contributed by atoms with Crippen molar-refractivity contribution in [2.45, 2.75) is 6.54 Å². The molecular formula is C19H17N5O2S. The van der Waals surface area contributed by atoms with Crippen LogP contribution in [0.5, 0.6) is 11.5 Å². The van der Waals surface area contributed by atoms with Crippen LogP contribution in [0, 0.1) is 0 Å². The van der Waals surface area contributed by atoms with Crippen molar-refractivity contribution in [3.05, 3.63) is 59.6 Å². The summed E-state index contributed by atoms with van der Waals surface area (Å²) in [6.07, 6.45) is 0. The van der Waals surface area contributed by atoms with Gasteiger partial charge in [0.15, 0.2) is 0 Å². The number of benzene rings is 2. The second-order valence-corrected chi connectivity index (χ2v) is 6.61. The van der Waals surface area contributed by atoms with Crippen molar-refractivity contribution in [3.63, 3.8) is 0 Å². The van der Waals surface area contributed by atoms with E-state index in [1.54, 1.807) is 30.4 Å². The molecule has 2 aromatic carbocycles. The van der Waals surface area contributed by atoms with Crippen LogP contribution < -0.4 is 9.47 Å². The average molecular weight is 379 g/mol. The van der Waals surface area contributed by atoms with E-state index in [1.807, 2.05) is 53.9 Å². The van der Waals surface area contributed by atoms with E-state index in [0.29, 0.717) is 12.4 Å². The van der Waals surface area contributed by atoms with Gasteiger partial charge in [0.1, 0.15) is 23.1 Å². The lowest BCUT2D eigenvalue weighted by Gasteiger charge is -2.01. The Morgan fingerprint density at radius 1 is 0.963 bits per heavy atom. The van der Waals surface area contributed by atoms with Gasteiger partial charge in [-0.15, -0.1) is 21.5 Å². The molecule has 0 fully saturated rings. The number of nitrogens with zero attached hydrogens (tertiary/aromatic N) is 5. The van der Waals surface area contributed by atoms with Gasteiger partial charge in [-0.2, -0.15) is 4.80 Å². The van der Waals surface area contributed by atoms with Crippen molar-refractivity contribution in [3.8, 4) is 33.5 Å². The Balaban J connectivity index is 1.52. The van der Waals surface area contributed by atoms with Crippen molar-refractivity contribution in [2.75, 3.05) is 14.2 Å². The molecule has 0 unspecified atom stereocenters. The van der Waals surface area contributed by atoms with Crippen LogP contribution in [-0.4, -0.2) is 39.4 Å². The minimum absolute atomic E-state index is 0.456. The van der Waals surface area contributed by atoms with Gasteiger partial charge in [-0.25, -0.2) is 4.98 Å². The molecule has 136 valence electrons. The summed E-state index contributed by atoms with van der Waals surface area (Å²) in [6.45, 7) is 0.456. The molecule has 0 amide bonds. The largest absolute Gasteiger partial charge is 0.497 e. The Hall–Kier alpha value is -3.26. The van der Waals surface area contributed by atoms with Gasteiger partial charge in [0, 0.05) is 16.5 Å². The molecule has 2 heterocycles. The normalized spacial score (nSPS) is 10.7. The first-order valence-electron chi connectivity index (χ1n) is 8.26. The molecule has 7 nitrogen and oxygen atoms in total. The first-order chi connectivity index (χ1) is 13.2. The van der Waals surface area contributed by atoms with Gasteiger partial charge >= 0.3 is 0 Å². The molecule has 0 N–H and O–H groups in total. The zero-order chi connectivity index (χ0) is 18.6. The lowest BCUT2D eigenvalue weighted by Crippen LogP contribution is -2.04. The van der Waals surface area contributed by atoms with Gasteiger partial charge in [0.05, 0.1) is 19.9 Å². The van der Waals surface area contributed by atoms with E-state index in [4.69, 9.17) is 9.47 Å². The maximum atomic E-state index is 5.28. The standard InChI is InChI=1S/C19H17N5O2S/c1-25-16-7-3-5-13(9-16)18-21-23-24(22-18)11-15-12-27-19(20-15)14-6-4-8-17(10-14)26-2/h3-10,12H,11H2,1-2H3. The van der Waals surface area contributed by atoms with Crippen LogP contribution in [0.2, 0.25) is 0 Å². The molecule has 0 aliphatic heterocycles. The Bertz CT molecular complexity index is 976. The predicted molar refractivity (Wildman–Crippen MR) is 103 cm³/mol. The fraction of sp³-hybridized carbons (Fsp3) is 0.158. The van der Waals surface area contributed by atoms with Crippen LogP contribution in [0.3, 0.4) is 0 Å². The first kappa shape index (κ1) is 17.2. The number of hydrogen-bond donors (Lipinski definition) is 0. The summed E-state index contributed by atoms with van der Waals surface area (Å²) in [4.78, 5) is 6.22. The molecule has 0 saturated heterocycles. The molecule has 0 saturated carbocycles. The van der Waals surface area contributed by atoms with Crippen LogP contribution >= 0.6 is 11.3 Å². The van der Waals surface area contributed by atoms with Gasteiger partial charge in [0.25, 0.3) is 0 Å². The van der Waals surface area contributed by atoms with Gasteiger partial charge in [-0.05, 0) is 29.5 Å². The first-order valence-corrected chi connectivity index (χ1v) is 9.14. The second kappa shape index (κ2) is 7.55. The summed E-state index contributed by atoms with van der Waals surface area (Å²) in [5, 5.41) is 15.6. The van der Waals surface area contributed by atoms with Gasteiger partial charge in [-0.3, -0.25) is 0 Å². The minimum Gasteiger partial charge on any atom is -0.497 e. The molecule has 0 atom stereocenters. The Morgan fingerprint density at radius 3 is 2.41 bits per heavy atom. The highest BCUT2D eigenvalue weighted by Gasteiger charge is 2.10. The van der Waals surface area contributed by atoms with Crippen LogP contribution in [0.1, 0.15) is 5.69 Å². The molecule has 0 aliphatic rings. The molecule has 0 spiro atoms. The highest BCUT2D eigenvalue weighted by molar-refractivity contribution is 7.13. The second-order valence-electron chi connectivity index (χ2n) is 5.75. The summed E-state index contributed by atoms with van der Waals surface area (Å²) in [5.74, 6) is 2.12. The molecule has 4 aromatic rings. The number of aromatic nitrogens is 5. The lowest BCUT2D eigenvalue weighted by molar-refractivity contribution is 0.415. The fourth-order valence-electron chi connectivity index (χ4n) is 2.60. The lowest BCUT2D eigenvalue weighted by atomic mass is 10.2. The van der Waals surface area contributed by atoms with Gasteiger partial charge in [-0.1, -0.05) is 24.3 Å². The highest BCUT2D eigenvalue weighted by Crippen LogP contribution is 2.27. The van der Waals surface area contributed by atoms with E-state index in [1.165, 1.54) is 0 Å². The summed E-state index contributed by atoms with van der Waals surface area (Å²) in [7, 11) is 3.29. The van der Waals surface area contributed by atoms with Crippen LogP contribution in [0.25, 0.3) is 22.0 Å². The third-order valence-corrected chi connectivity index (χ3v) is 4.89. The monoisotopic (exact) mass is 379 g/mol. The van der Waals surface area contributed by atoms with E-state index >= 15 is 0 Å². The topological polar surface area (TPSA) is 75.0 Å². The van der Waals surface area contributed by atoms with Crippen LogP contribution in [-0.2, 0) is 6.54 Å². The number of ether oxygens (including phenoxy) is 2. The molecule has 27 heavy (non-hydrogen) atoms. The minimum atomic E-state index is 0.456. The zero-order valence-corrected chi connectivity index (χ0v) is 15.7. The van der Waals surface area contributed by atoms with Gasteiger partial charge < -0.3 is 9.47 Å². The zero-order valence-electron chi connectivity index (χ0n) is 14.9. The van der Waals surface area contributed by atoms with Crippen LogP contribution in [0.4, 0.5) is 0 Å². The Labute approximate surface area is 160 Å². The predicted octanol–water partition coefficient (Wildman–Crippen LogP) is 3.53. The SMILES string of the molecule is COc1cccc(-c2nnn(Cc3csc(-c4cccc(OC)c4)n3)n2)c1. The summed E-state index contributed by atoms with van der Waals surface area (Å²) < 4.78 is 10.5. The van der Waals surface area contributed by atoms with E-state index in [2.05, 4.69) is 20.4 Å². The molecule has 8 heteroatoms. The molecule has 0 aliphatic carbocycles. The number of hydrogen-bond acceptors (Lipinski definition) is 7. The van der Waals surface area contributed by atoms with E-state index in [-0.39, 0.29) is 0 Å². The van der Waals surface area contributed by atoms with E-state index in [9.17, 15) is 0 Å². The molecule has 0 bridgehead atoms. The number of methoxy groups -OCH3 is 2. The summed E-state index contributed by atoms with van der Waals surface area (Å²) in [6, 6.07) is 15.4. The number of thiazole rings is 1. The van der Waals surface area contributed by atoms with E-state index < -0.39 is 0 Å². The van der Waals surface area contributed by atoms with Crippen LogP contribution in [0.15, 0.2) is 53.9 Å². The molecular weight excluding hydrogens is 362 g/mol. The Kier molecular flexibility index (Phi) is 4.80. The molecule has 4 rings (SSSR count). The maximum absolute atomic E-state index is 5.28. The summed E-state index contributed by atoms with van der Waals surface area (Å²) in [5.41, 5.74) is 2.76. The third-order valence-electron chi connectivity index (χ3n) is 3.95. The van der Waals surface area contributed by atoms with Crippen molar-refractivity contribution >= 4 is 11.3 Å². The number of rotatable bonds is 6. The Morgan fingerprint density at radius 2 is 1.67 bits per heavy atom. The summed E-state index contributed by atoms with van der Waals surface area (Å²) >= 11 is 1.58. The quantitative estimate of drug-likeness (QED) is 0.510. The third kappa shape index (κ3) is 3.80. The highest BCUT2D eigenvalue weighted by atomic mass is 32.1. The van der Waals surface area contributed by atoms with Crippen molar-refractivity contribution in [2.24, 2.45) is 0 Å². The maximum Gasteiger partial charge on any atom is 0.205 e. The molecule has 2 aromatic heterocycles. The number of tetrazole rings is 1. The van der Waals surface area contributed by atoms with Gasteiger partial charge in [0.2, 0.25) is 5.82 Å².